The number of ether oxygens (including phenoxy) is 1. The molecular weight excluding hydrogens is 520 g/mol. The Balaban J connectivity index is 1.31. The highest BCUT2D eigenvalue weighted by Crippen LogP contribution is 2.23. The van der Waals surface area contributed by atoms with Gasteiger partial charge in [-0.25, -0.2) is 16.8 Å². The lowest BCUT2D eigenvalue weighted by Gasteiger charge is -2.33. The Bertz CT molecular complexity index is 1240. The van der Waals surface area contributed by atoms with Gasteiger partial charge in [-0.3, -0.25) is 9.59 Å². The van der Waals surface area contributed by atoms with Gasteiger partial charge in [0.05, 0.1) is 12.5 Å². The molecule has 2 amide bonds. The number of carbonyl (C=O) groups is 2. The maximum Gasteiger partial charge on any atom is 0.253 e. The van der Waals surface area contributed by atoms with Crippen LogP contribution in [0.25, 0.3) is 0 Å². The summed E-state index contributed by atoms with van der Waals surface area (Å²) in [6.07, 6.45) is 2.33. The Morgan fingerprint density at radius 2 is 0.865 bits per heavy atom. The Morgan fingerprint density at radius 3 is 1.14 bits per heavy atom. The zero-order chi connectivity index (χ0) is 26.8. The fraction of sp³-hybridized carbons (Fsp3) is 0.417. The molecule has 200 valence electrons. The summed E-state index contributed by atoms with van der Waals surface area (Å²) < 4.78 is 55.2. The van der Waals surface area contributed by atoms with Crippen LogP contribution in [0.4, 0.5) is 0 Å². The SMILES string of the molecule is CS(=O)(=O)N1CCN(C(=O)c2ccc(Oc3ccc(C(=O)N4CCN(S(C)(=O)=O)CC4)cc3)cc2)CC1. The lowest BCUT2D eigenvalue weighted by atomic mass is 10.1. The van der Waals surface area contributed by atoms with Crippen LogP contribution in [0.2, 0.25) is 0 Å². The number of rotatable bonds is 6. The second-order valence-corrected chi connectivity index (χ2v) is 13.0. The third kappa shape index (κ3) is 6.66. The van der Waals surface area contributed by atoms with E-state index in [1.807, 2.05) is 0 Å². The van der Waals surface area contributed by atoms with Crippen molar-refractivity contribution in [2.45, 2.75) is 0 Å². The smallest absolute Gasteiger partial charge is 0.253 e. The minimum absolute atomic E-state index is 0.167. The number of sulfonamides is 2. The van der Waals surface area contributed by atoms with Gasteiger partial charge in [0, 0.05) is 63.5 Å². The molecule has 0 unspecified atom stereocenters. The predicted molar refractivity (Wildman–Crippen MR) is 138 cm³/mol. The molecule has 2 heterocycles. The first-order valence-electron chi connectivity index (χ1n) is 11.8. The number of amides is 2. The van der Waals surface area contributed by atoms with Gasteiger partial charge in [-0.05, 0) is 48.5 Å². The molecule has 0 aliphatic carbocycles. The lowest BCUT2D eigenvalue weighted by Crippen LogP contribution is -2.50. The Kier molecular flexibility index (Phi) is 7.88. The van der Waals surface area contributed by atoms with E-state index in [1.54, 1.807) is 58.3 Å². The molecule has 2 aromatic carbocycles. The summed E-state index contributed by atoms with van der Waals surface area (Å²) in [6.45, 7) is 2.46. The average Bonchev–Trinajstić information content (AvgIpc) is 2.88. The van der Waals surface area contributed by atoms with Crippen molar-refractivity contribution >= 4 is 31.9 Å². The van der Waals surface area contributed by atoms with E-state index >= 15 is 0 Å². The van der Waals surface area contributed by atoms with Crippen molar-refractivity contribution in [3.63, 3.8) is 0 Å². The van der Waals surface area contributed by atoms with Gasteiger partial charge in [0.25, 0.3) is 11.8 Å². The van der Waals surface area contributed by atoms with E-state index in [1.165, 1.54) is 21.1 Å². The van der Waals surface area contributed by atoms with Crippen molar-refractivity contribution in [3.8, 4) is 11.5 Å². The van der Waals surface area contributed by atoms with E-state index < -0.39 is 20.0 Å². The molecule has 37 heavy (non-hydrogen) atoms. The van der Waals surface area contributed by atoms with Gasteiger partial charge in [0.15, 0.2) is 0 Å². The topological polar surface area (TPSA) is 125 Å². The first-order valence-corrected chi connectivity index (χ1v) is 15.5. The standard InChI is InChI=1S/C24H30N4O7S2/c1-36(31,32)27-15-11-25(12-16-27)23(29)19-3-7-21(8-4-19)35-22-9-5-20(6-10-22)24(30)26-13-17-28(18-14-26)37(2,33)34/h3-10H,11-18H2,1-2H3. The molecule has 13 heteroatoms. The van der Waals surface area contributed by atoms with Crippen molar-refractivity contribution < 1.29 is 31.2 Å². The van der Waals surface area contributed by atoms with Gasteiger partial charge < -0.3 is 14.5 Å². The second-order valence-electron chi connectivity index (χ2n) is 9.06. The first kappa shape index (κ1) is 27.0. The molecule has 0 radical (unpaired) electrons. The zero-order valence-corrected chi connectivity index (χ0v) is 22.4. The quantitative estimate of drug-likeness (QED) is 0.524. The van der Waals surface area contributed by atoms with Gasteiger partial charge in [-0.1, -0.05) is 0 Å². The van der Waals surface area contributed by atoms with Crippen molar-refractivity contribution in [2.24, 2.45) is 0 Å². The molecular formula is C24H30N4O7S2. The normalized spacial score (nSPS) is 18.0. The predicted octanol–water partition coefficient (Wildman–Crippen LogP) is 0.914. The molecule has 0 atom stereocenters. The molecule has 4 rings (SSSR count). The summed E-state index contributed by atoms with van der Waals surface area (Å²) in [7, 11) is -6.52. The zero-order valence-electron chi connectivity index (χ0n) is 20.7. The summed E-state index contributed by atoms with van der Waals surface area (Å²) in [5, 5.41) is 0. The van der Waals surface area contributed by atoms with Crippen molar-refractivity contribution in [1.29, 1.82) is 0 Å². The van der Waals surface area contributed by atoms with Gasteiger partial charge in [0.2, 0.25) is 20.0 Å². The van der Waals surface area contributed by atoms with E-state index in [9.17, 15) is 26.4 Å². The molecule has 0 bridgehead atoms. The summed E-state index contributed by atoms with van der Waals surface area (Å²) >= 11 is 0. The van der Waals surface area contributed by atoms with E-state index in [-0.39, 0.29) is 38.0 Å². The van der Waals surface area contributed by atoms with Crippen LogP contribution in [-0.4, -0.2) is 112 Å². The van der Waals surface area contributed by atoms with Crippen molar-refractivity contribution in [3.05, 3.63) is 59.7 Å². The summed E-state index contributed by atoms with van der Waals surface area (Å²) in [5.74, 6) is 0.712. The number of hydrogen-bond donors (Lipinski definition) is 0. The van der Waals surface area contributed by atoms with Crippen LogP contribution in [0.15, 0.2) is 48.5 Å². The summed E-state index contributed by atoms with van der Waals surface area (Å²) in [6, 6.07) is 13.4. The highest BCUT2D eigenvalue weighted by molar-refractivity contribution is 7.88. The molecule has 0 aromatic heterocycles. The fourth-order valence-electron chi connectivity index (χ4n) is 4.28. The van der Waals surface area contributed by atoms with Crippen molar-refractivity contribution in [2.75, 3.05) is 64.9 Å². The van der Waals surface area contributed by atoms with Crippen LogP contribution in [0.3, 0.4) is 0 Å². The number of nitrogens with zero attached hydrogens (tertiary/aromatic N) is 4. The number of hydrogen-bond acceptors (Lipinski definition) is 7. The third-order valence-electron chi connectivity index (χ3n) is 6.43. The maximum atomic E-state index is 12.8. The van der Waals surface area contributed by atoms with Crippen LogP contribution in [-0.2, 0) is 20.0 Å². The Labute approximate surface area is 217 Å². The fourth-order valence-corrected chi connectivity index (χ4v) is 5.93. The Morgan fingerprint density at radius 1 is 0.568 bits per heavy atom. The van der Waals surface area contributed by atoms with E-state index in [2.05, 4.69) is 0 Å². The van der Waals surface area contributed by atoms with Crippen molar-refractivity contribution in [1.82, 2.24) is 18.4 Å². The highest BCUT2D eigenvalue weighted by atomic mass is 32.2. The van der Waals surface area contributed by atoms with E-state index in [0.29, 0.717) is 48.8 Å². The Hall–Kier alpha value is -3.00. The number of benzene rings is 2. The molecule has 11 nitrogen and oxygen atoms in total. The minimum atomic E-state index is -3.26. The molecule has 2 aliphatic heterocycles. The summed E-state index contributed by atoms with van der Waals surface area (Å²) in [4.78, 5) is 28.8. The average molecular weight is 551 g/mol. The molecule has 0 spiro atoms. The highest BCUT2D eigenvalue weighted by Gasteiger charge is 2.27. The van der Waals surface area contributed by atoms with Crippen LogP contribution in [0.1, 0.15) is 20.7 Å². The number of piperazine rings is 2. The van der Waals surface area contributed by atoms with E-state index in [0.717, 1.165) is 0 Å². The van der Waals surface area contributed by atoms with Gasteiger partial charge in [0.1, 0.15) is 11.5 Å². The second kappa shape index (κ2) is 10.8. The third-order valence-corrected chi connectivity index (χ3v) is 9.03. The molecule has 0 N–H and O–H groups in total. The summed E-state index contributed by atoms with van der Waals surface area (Å²) in [5.41, 5.74) is 0.967. The maximum absolute atomic E-state index is 12.8. The van der Waals surface area contributed by atoms with Gasteiger partial charge >= 0.3 is 0 Å². The monoisotopic (exact) mass is 550 g/mol. The van der Waals surface area contributed by atoms with Crippen LogP contribution in [0.5, 0.6) is 11.5 Å². The van der Waals surface area contributed by atoms with Gasteiger partial charge in [-0.15, -0.1) is 0 Å². The molecule has 2 fully saturated rings. The largest absolute Gasteiger partial charge is 0.457 e. The molecule has 2 aromatic rings. The molecule has 2 aliphatic rings. The lowest BCUT2D eigenvalue weighted by molar-refractivity contribution is 0.0692. The minimum Gasteiger partial charge on any atom is -0.457 e. The first-order chi connectivity index (χ1) is 17.4. The van der Waals surface area contributed by atoms with Crippen LogP contribution >= 0.6 is 0 Å². The number of carbonyl (C=O) groups excluding carboxylic acids is 2. The van der Waals surface area contributed by atoms with Crippen LogP contribution < -0.4 is 4.74 Å². The van der Waals surface area contributed by atoms with E-state index in [4.69, 9.17) is 4.74 Å². The molecule has 2 saturated heterocycles. The molecule has 0 saturated carbocycles. The van der Waals surface area contributed by atoms with Crippen LogP contribution in [0, 0.1) is 0 Å². The van der Waals surface area contributed by atoms with Gasteiger partial charge in [-0.2, -0.15) is 8.61 Å².